The van der Waals surface area contributed by atoms with Gasteiger partial charge in [-0.1, -0.05) is 72.8 Å². The quantitative estimate of drug-likeness (QED) is 0.231. The highest BCUT2D eigenvalue weighted by Crippen LogP contribution is 2.40. The van der Waals surface area contributed by atoms with E-state index >= 15 is 0 Å². The van der Waals surface area contributed by atoms with Crippen LogP contribution < -0.4 is 0 Å². The molecule has 0 radical (unpaired) electrons. The SMILES string of the molecule is c1ccc2c(c1)ccc1c3cc4oc5ccccc5c4cc3n3c4ccccc4cc3c21. The van der Waals surface area contributed by atoms with Gasteiger partial charge in [0.15, 0.2) is 0 Å². The van der Waals surface area contributed by atoms with Gasteiger partial charge in [-0.2, -0.15) is 0 Å². The molecule has 0 saturated carbocycles. The van der Waals surface area contributed by atoms with Gasteiger partial charge in [0.05, 0.1) is 16.6 Å². The second kappa shape index (κ2) is 5.68. The van der Waals surface area contributed by atoms with Crippen molar-refractivity contribution in [1.29, 1.82) is 0 Å². The van der Waals surface area contributed by atoms with E-state index in [1.807, 2.05) is 12.1 Å². The van der Waals surface area contributed by atoms with E-state index in [-0.39, 0.29) is 0 Å². The molecule has 0 atom stereocenters. The van der Waals surface area contributed by atoms with Crippen molar-refractivity contribution in [3.8, 4) is 0 Å². The summed E-state index contributed by atoms with van der Waals surface area (Å²) in [7, 11) is 0. The Balaban J connectivity index is 1.75. The van der Waals surface area contributed by atoms with Crippen molar-refractivity contribution in [3.63, 3.8) is 0 Å². The summed E-state index contributed by atoms with van der Waals surface area (Å²) in [5.41, 5.74) is 5.56. The van der Waals surface area contributed by atoms with Crippen molar-refractivity contribution in [2.45, 2.75) is 0 Å². The lowest BCUT2D eigenvalue weighted by Gasteiger charge is -2.12. The van der Waals surface area contributed by atoms with Crippen molar-refractivity contribution in [2.75, 3.05) is 0 Å². The van der Waals surface area contributed by atoms with Crippen LogP contribution in [0.2, 0.25) is 0 Å². The molecule has 5 aromatic carbocycles. The first-order valence-electron chi connectivity index (χ1n) is 11.0. The fraction of sp³-hybridized carbons (Fsp3) is 0. The molecule has 148 valence electrons. The number of nitrogens with zero attached hydrogens (tertiary/aromatic N) is 1. The van der Waals surface area contributed by atoms with Crippen LogP contribution in [0.25, 0.3) is 70.8 Å². The van der Waals surface area contributed by atoms with Crippen LogP contribution in [0.4, 0.5) is 0 Å². The number of benzene rings is 5. The molecule has 0 fully saturated rings. The van der Waals surface area contributed by atoms with Gasteiger partial charge >= 0.3 is 0 Å². The number of rotatable bonds is 0. The molecule has 3 aromatic heterocycles. The van der Waals surface area contributed by atoms with Crippen LogP contribution in [0.15, 0.2) is 108 Å². The zero-order chi connectivity index (χ0) is 20.8. The van der Waals surface area contributed by atoms with Crippen molar-refractivity contribution in [3.05, 3.63) is 103 Å². The summed E-state index contributed by atoms with van der Waals surface area (Å²) < 4.78 is 8.70. The summed E-state index contributed by atoms with van der Waals surface area (Å²) in [5, 5.41) is 9.89. The molecule has 0 spiro atoms. The fourth-order valence-electron chi connectivity index (χ4n) is 5.53. The number of hydrogen-bond acceptors (Lipinski definition) is 1. The van der Waals surface area contributed by atoms with Crippen molar-refractivity contribution in [2.24, 2.45) is 0 Å². The highest BCUT2D eigenvalue weighted by atomic mass is 16.3. The predicted octanol–water partition coefficient (Wildman–Crippen LogP) is 8.45. The third kappa shape index (κ3) is 1.95. The molecule has 0 aliphatic carbocycles. The van der Waals surface area contributed by atoms with Gasteiger partial charge in [-0.15, -0.1) is 0 Å². The molecule has 0 unspecified atom stereocenters. The zero-order valence-electron chi connectivity index (χ0n) is 17.2. The summed E-state index contributed by atoms with van der Waals surface area (Å²) in [5.74, 6) is 0. The van der Waals surface area contributed by atoms with Crippen LogP contribution in [0.3, 0.4) is 0 Å². The Morgan fingerprint density at radius 2 is 1.22 bits per heavy atom. The molecule has 0 N–H and O–H groups in total. The topological polar surface area (TPSA) is 17.6 Å². The molecule has 2 heteroatoms. The Kier molecular flexibility index (Phi) is 2.91. The largest absolute Gasteiger partial charge is 0.456 e. The average molecular weight is 407 g/mol. The molecule has 0 bridgehead atoms. The molecular formula is C30H17NO. The van der Waals surface area contributed by atoms with Gasteiger partial charge in [0.25, 0.3) is 0 Å². The van der Waals surface area contributed by atoms with Gasteiger partial charge in [-0.25, -0.2) is 0 Å². The fourth-order valence-corrected chi connectivity index (χ4v) is 5.53. The smallest absolute Gasteiger partial charge is 0.136 e. The second-order valence-electron chi connectivity index (χ2n) is 8.60. The Morgan fingerprint density at radius 1 is 0.438 bits per heavy atom. The Labute approximate surface area is 182 Å². The molecule has 8 rings (SSSR count). The Bertz CT molecular complexity index is 2040. The standard InChI is InChI=1S/C30H17NO/c1-3-9-20-18(7-1)13-14-22-23-17-29-24(21-10-4-6-12-28(21)32-29)16-26(23)31-25-11-5-2-8-19(25)15-27(31)30(20)22/h1-17H. The van der Waals surface area contributed by atoms with E-state index in [1.54, 1.807) is 0 Å². The maximum atomic E-state index is 6.27. The molecular weight excluding hydrogens is 390 g/mol. The van der Waals surface area contributed by atoms with E-state index in [0.29, 0.717) is 0 Å². The number of hydrogen-bond donors (Lipinski definition) is 0. The average Bonchev–Trinajstić information content (AvgIpc) is 3.41. The third-order valence-electron chi connectivity index (χ3n) is 6.92. The molecule has 2 nitrogen and oxygen atoms in total. The normalized spacial score (nSPS) is 12.4. The Hall–Kier alpha value is -4.30. The summed E-state index contributed by atoms with van der Waals surface area (Å²) >= 11 is 0. The van der Waals surface area contributed by atoms with Gasteiger partial charge in [0.2, 0.25) is 0 Å². The lowest BCUT2D eigenvalue weighted by Crippen LogP contribution is -1.92. The number of para-hydroxylation sites is 2. The first-order chi connectivity index (χ1) is 15.9. The Morgan fingerprint density at radius 3 is 2.16 bits per heavy atom. The number of fused-ring (bicyclic) bond motifs is 13. The maximum Gasteiger partial charge on any atom is 0.136 e. The molecule has 8 aromatic rings. The first-order valence-corrected chi connectivity index (χ1v) is 11.0. The minimum Gasteiger partial charge on any atom is -0.456 e. The van der Waals surface area contributed by atoms with Crippen molar-refractivity contribution >= 4 is 70.8 Å². The van der Waals surface area contributed by atoms with Crippen LogP contribution in [0.1, 0.15) is 0 Å². The highest BCUT2D eigenvalue weighted by Gasteiger charge is 2.17. The molecule has 0 amide bonds. The van der Waals surface area contributed by atoms with E-state index in [2.05, 4.69) is 95.4 Å². The van der Waals surface area contributed by atoms with E-state index in [9.17, 15) is 0 Å². The molecule has 0 saturated heterocycles. The van der Waals surface area contributed by atoms with Crippen molar-refractivity contribution in [1.82, 2.24) is 4.40 Å². The first kappa shape index (κ1) is 16.4. The van der Waals surface area contributed by atoms with Crippen LogP contribution in [0.5, 0.6) is 0 Å². The zero-order valence-corrected chi connectivity index (χ0v) is 17.2. The van der Waals surface area contributed by atoms with E-state index in [4.69, 9.17) is 4.42 Å². The lowest BCUT2D eigenvalue weighted by atomic mass is 9.98. The van der Waals surface area contributed by atoms with Crippen LogP contribution in [-0.2, 0) is 0 Å². The van der Waals surface area contributed by atoms with Gasteiger partial charge < -0.3 is 8.82 Å². The molecule has 0 aliphatic rings. The van der Waals surface area contributed by atoms with E-state index < -0.39 is 0 Å². The van der Waals surface area contributed by atoms with Gasteiger partial charge in [-0.05, 0) is 46.5 Å². The number of pyridine rings is 1. The predicted molar refractivity (Wildman–Crippen MR) is 135 cm³/mol. The summed E-state index contributed by atoms with van der Waals surface area (Å²) in [4.78, 5) is 0. The molecule has 3 heterocycles. The van der Waals surface area contributed by atoms with Gasteiger partial charge in [0, 0.05) is 26.9 Å². The minimum atomic E-state index is 0.932. The van der Waals surface area contributed by atoms with Crippen LogP contribution in [-0.4, -0.2) is 4.40 Å². The lowest BCUT2D eigenvalue weighted by molar-refractivity contribution is 0.669. The molecule has 32 heavy (non-hydrogen) atoms. The number of furan rings is 1. The minimum absolute atomic E-state index is 0.932. The number of aromatic nitrogens is 1. The third-order valence-corrected chi connectivity index (χ3v) is 6.92. The van der Waals surface area contributed by atoms with Crippen LogP contribution >= 0.6 is 0 Å². The maximum absolute atomic E-state index is 6.27. The van der Waals surface area contributed by atoms with E-state index in [0.717, 1.165) is 21.9 Å². The van der Waals surface area contributed by atoms with Crippen molar-refractivity contribution < 1.29 is 4.42 Å². The van der Waals surface area contributed by atoms with Gasteiger partial charge in [0.1, 0.15) is 11.2 Å². The molecule has 0 aliphatic heterocycles. The van der Waals surface area contributed by atoms with Crippen LogP contribution in [0, 0.1) is 0 Å². The monoisotopic (exact) mass is 407 g/mol. The van der Waals surface area contributed by atoms with Gasteiger partial charge in [-0.3, -0.25) is 0 Å². The summed E-state index contributed by atoms with van der Waals surface area (Å²) in [6, 6.07) is 37.0. The summed E-state index contributed by atoms with van der Waals surface area (Å²) in [6.07, 6.45) is 0. The summed E-state index contributed by atoms with van der Waals surface area (Å²) in [6.45, 7) is 0. The highest BCUT2D eigenvalue weighted by molar-refractivity contribution is 6.26. The second-order valence-corrected chi connectivity index (χ2v) is 8.60. The van der Waals surface area contributed by atoms with E-state index in [1.165, 1.54) is 48.9 Å².